The molecule has 0 unspecified atom stereocenters. The molecule has 0 aromatic heterocycles. The summed E-state index contributed by atoms with van der Waals surface area (Å²) in [6.45, 7) is -2.74. The number of aryl methyl sites for hydroxylation is 1. The van der Waals surface area contributed by atoms with Crippen LogP contribution in [0.3, 0.4) is 0 Å². The van der Waals surface area contributed by atoms with Crippen LogP contribution in [-0.2, 0) is 5.75 Å². The van der Waals surface area contributed by atoms with Crippen molar-refractivity contribution in [3.8, 4) is 0 Å². The van der Waals surface area contributed by atoms with Gasteiger partial charge in [0.25, 0.3) is 0 Å². The van der Waals surface area contributed by atoms with E-state index in [1.165, 1.54) is 0 Å². The fourth-order valence-electron chi connectivity index (χ4n) is 1.07. The number of halogens is 3. The van der Waals surface area contributed by atoms with Gasteiger partial charge < -0.3 is 12.9 Å². The minimum absolute atomic E-state index is 0. The van der Waals surface area contributed by atoms with Gasteiger partial charge in [-0.15, -0.1) is 0 Å². The topological polar surface area (TPSA) is 0 Å². The zero-order valence-electron chi connectivity index (χ0n) is 8.84. The predicted molar refractivity (Wildman–Crippen MR) is 56.4 cm³/mol. The van der Waals surface area contributed by atoms with Crippen LogP contribution in [0.1, 0.15) is 11.1 Å². The quantitative estimate of drug-likeness (QED) is 0.713. The van der Waals surface area contributed by atoms with Crippen molar-refractivity contribution in [3.05, 3.63) is 35.4 Å². The molecule has 0 atom stereocenters. The second-order valence-corrected chi connectivity index (χ2v) is 4.18. The van der Waals surface area contributed by atoms with Crippen LogP contribution < -0.4 is 51.4 Å². The first-order valence-corrected chi connectivity index (χ1v) is 5.48. The van der Waals surface area contributed by atoms with E-state index in [2.05, 4.69) is 0 Å². The third-order valence-electron chi connectivity index (χ3n) is 1.83. The van der Waals surface area contributed by atoms with Crippen LogP contribution in [-0.4, -0.2) is 12.6 Å². The number of rotatable bonds is 4. The molecule has 0 amide bonds. The molecular weight excluding hydrogens is 247 g/mol. The van der Waals surface area contributed by atoms with Gasteiger partial charge in [-0.25, -0.2) is 0 Å². The summed E-state index contributed by atoms with van der Waals surface area (Å²) in [5, 5.41) is 0. The van der Waals surface area contributed by atoms with Crippen molar-refractivity contribution in [2.45, 2.75) is 12.7 Å². The molecule has 0 aliphatic heterocycles. The van der Waals surface area contributed by atoms with E-state index in [1.54, 1.807) is 0 Å². The van der Waals surface area contributed by atoms with Crippen LogP contribution in [0.25, 0.3) is 0 Å². The summed E-state index contributed by atoms with van der Waals surface area (Å²) in [4.78, 5) is 0. The molecule has 0 aliphatic carbocycles. The smallest absolute Gasteiger partial charge is 0.448 e. The molecule has 0 heterocycles. The average molecular weight is 258 g/mol. The van der Waals surface area contributed by atoms with E-state index in [4.69, 9.17) is 0 Å². The Morgan fingerprint density at radius 2 is 1.80 bits per heavy atom. The first kappa shape index (κ1) is 16.1. The van der Waals surface area contributed by atoms with Gasteiger partial charge in [-0.2, -0.15) is 11.8 Å². The van der Waals surface area contributed by atoms with E-state index in [1.807, 2.05) is 31.2 Å². The monoisotopic (exact) mass is 258 g/mol. The van der Waals surface area contributed by atoms with Crippen LogP contribution in [0.15, 0.2) is 24.3 Å². The van der Waals surface area contributed by atoms with E-state index in [-0.39, 0.29) is 51.4 Å². The maximum atomic E-state index is 11.9. The van der Waals surface area contributed by atoms with Crippen molar-refractivity contribution in [1.82, 2.24) is 0 Å². The SMILES string of the molecule is Cc1ccccc1CSC[B-](F)(F)F.[K+]. The molecule has 1 rings (SSSR count). The largest absolute Gasteiger partial charge is 1.00 e. The molecule has 78 valence electrons. The fourth-order valence-corrected chi connectivity index (χ4v) is 2.00. The summed E-state index contributed by atoms with van der Waals surface area (Å²) >= 11 is 0.930. The van der Waals surface area contributed by atoms with Crippen LogP contribution in [0.2, 0.25) is 0 Å². The first-order valence-electron chi connectivity index (χ1n) is 4.32. The van der Waals surface area contributed by atoms with Crippen molar-refractivity contribution in [2.75, 3.05) is 5.65 Å². The van der Waals surface area contributed by atoms with Gasteiger partial charge in [-0.1, -0.05) is 24.3 Å². The van der Waals surface area contributed by atoms with Gasteiger partial charge in [0.1, 0.15) is 0 Å². The molecule has 6 heteroatoms. The van der Waals surface area contributed by atoms with Crippen molar-refractivity contribution in [3.63, 3.8) is 0 Å². The Morgan fingerprint density at radius 1 is 1.20 bits per heavy atom. The van der Waals surface area contributed by atoms with Gasteiger partial charge in [0.15, 0.2) is 0 Å². The van der Waals surface area contributed by atoms with E-state index < -0.39 is 12.6 Å². The molecule has 0 nitrogen and oxygen atoms in total. The minimum Gasteiger partial charge on any atom is -0.448 e. The molecule has 0 saturated carbocycles. The molecule has 15 heavy (non-hydrogen) atoms. The molecule has 0 saturated heterocycles. The molecule has 1 aromatic carbocycles. The van der Waals surface area contributed by atoms with Crippen LogP contribution in [0, 0.1) is 6.92 Å². The van der Waals surface area contributed by atoms with Crippen molar-refractivity contribution < 1.29 is 64.3 Å². The predicted octanol–water partition coefficient (Wildman–Crippen LogP) is 0.619. The molecule has 0 N–H and O–H groups in total. The molecule has 0 fully saturated rings. The third-order valence-corrected chi connectivity index (χ3v) is 2.95. The first-order chi connectivity index (χ1) is 6.49. The average Bonchev–Trinajstić information content (AvgIpc) is 2.06. The number of hydrogen-bond acceptors (Lipinski definition) is 1. The molecule has 0 radical (unpaired) electrons. The minimum atomic E-state index is -4.65. The fraction of sp³-hybridized carbons (Fsp3) is 0.333. The Bertz CT molecular complexity index is 304. The summed E-state index contributed by atoms with van der Waals surface area (Å²) in [6.07, 6.45) is 0. The second kappa shape index (κ2) is 7.40. The third kappa shape index (κ3) is 7.07. The van der Waals surface area contributed by atoms with Crippen molar-refractivity contribution in [2.24, 2.45) is 0 Å². The number of thioether (sulfide) groups is 1. The van der Waals surface area contributed by atoms with Crippen LogP contribution in [0.4, 0.5) is 12.9 Å². The molecule has 1 aromatic rings. The summed E-state index contributed by atoms with van der Waals surface area (Å²) in [6, 6.07) is 7.51. The van der Waals surface area contributed by atoms with Gasteiger partial charge >= 0.3 is 58.4 Å². The Labute approximate surface area is 135 Å². The van der Waals surface area contributed by atoms with E-state index in [0.29, 0.717) is 5.75 Å². The second-order valence-electron chi connectivity index (χ2n) is 3.15. The Balaban J connectivity index is 0.00000196. The van der Waals surface area contributed by atoms with Gasteiger partial charge in [-0.3, -0.25) is 0 Å². The standard InChI is InChI=1S/C9H11BF3S.K/c1-8-4-2-3-5-9(8)6-14-7-10(11,12)13;/h2-5H,6-7H2,1H3;/q-1;+1. The Kier molecular flexibility index (Phi) is 7.92. The van der Waals surface area contributed by atoms with Gasteiger partial charge in [0, 0.05) is 5.75 Å². The van der Waals surface area contributed by atoms with Crippen LogP contribution in [0.5, 0.6) is 0 Å². The summed E-state index contributed by atoms with van der Waals surface area (Å²) in [5.41, 5.74) is 1.32. The maximum Gasteiger partial charge on any atom is 1.00 e. The van der Waals surface area contributed by atoms with Crippen LogP contribution >= 0.6 is 11.8 Å². The van der Waals surface area contributed by atoms with E-state index >= 15 is 0 Å². The van der Waals surface area contributed by atoms with Gasteiger partial charge in [0.2, 0.25) is 0 Å². The molecule has 0 bridgehead atoms. The molecule has 0 spiro atoms. The molecule has 0 aliphatic rings. The van der Waals surface area contributed by atoms with E-state index in [0.717, 1.165) is 22.9 Å². The number of hydrogen-bond donors (Lipinski definition) is 0. The normalized spacial score (nSPS) is 10.9. The zero-order valence-corrected chi connectivity index (χ0v) is 12.8. The van der Waals surface area contributed by atoms with Gasteiger partial charge in [0.05, 0.1) is 0 Å². The summed E-state index contributed by atoms with van der Waals surface area (Å²) in [7, 11) is 0. The number of benzene rings is 1. The van der Waals surface area contributed by atoms with E-state index in [9.17, 15) is 12.9 Å². The van der Waals surface area contributed by atoms with Gasteiger partial charge in [-0.05, 0) is 23.7 Å². The van der Waals surface area contributed by atoms with Crippen molar-refractivity contribution >= 4 is 18.7 Å². The van der Waals surface area contributed by atoms with Crippen molar-refractivity contribution in [1.29, 1.82) is 0 Å². The Morgan fingerprint density at radius 3 is 2.33 bits per heavy atom. The summed E-state index contributed by atoms with van der Waals surface area (Å²) in [5.74, 6) is 0.438. The zero-order chi connectivity index (χ0) is 10.6. The molecular formula is C9H11BF3KS. The maximum absolute atomic E-state index is 11.9. The summed E-state index contributed by atoms with van der Waals surface area (Å²) < 4.78 is 35.7. The Hall–Kier alpha value is 1.06.